The van der Waals surface area contributed by atoms with E-state index >= 15 is 0 Å². The van der Waals surface area contributed by atoms with E-state index in [1.54, 1.807) is 6.26 Å². The van der Waals surface area contributed by atoms with Crippen LogP contribution in [0.2, 0.25) is 0 Å². The third-order valence-corrected chi connectivity index (χ3v) is 4.57. The van der Waals surface area contributed by atoms with E-state index in [1.165, 1.54) is 0 Å². The summed E-state index contributed by atoms with van der Waals surface area (Å²) in [6, 6.07) is 3.90. The van der Waals surface area contributed by atoms with Gasteiger partial charge in [0.25, 0.3) is 0 Å². The molecule has 0 spiro atoms. The van der Waals surface area contributed by atoms with Gasteiger partial charge in [-0.25, -0.2) is 0 Å². The van der Waals surface area contributed by atoms with Crippen molar-refractivity contribution in [1.29, 1.82) is 0 Å². The SMILES string of the molecule is CCCC(CCO)CN=C(NCCc1ccco1)NCC1CCOC1. The van der Waals surface area contributed by atoms with Crippen molar-refractivity contribution in [3.63, 3.8) is 0 Å². The van der Waals surface area contributed by atoms with Gasteiger partial charge < -0.3 is 24.9 Å². The molecule has 0 radical (unpaired) electrons. The molecule has 1 saturated heterocycles. The molecule has 1 aliphatic heterocycles. The average molecular weight is 351 g/mol. The average Bonchev–Trinajstić information content (AvgIpc) is 3.30. The van der Waals surface area contributed by atoms with Crippen molar-refractivity contribution >= 4 is 5.96 Å². The summed E-state index contributed by atoms with van der Waals surface area (Å²) in [4.78, 5) is 4.75. The predicted octanol–water partition coefficient (Wildman–Crippen LogP) is 2.19. The monoisotopic (exact) mass is 351 g/mol. The molecule has 1 aliphatic rings. The number of furan rings is 1. The van der Waals surface area contributed by atoms with Gasteiger partial charge in [0.2, 0.25) is 0 Å². The third kappa shape index (κ3) is 7.92. The highest BCUT2D eigenvalue weighted by Crippen LogP contribution is 2.12. The van der Waals surface area contributed by atoms with Crippen molar-refractivity contribution < 1.29 is 14.3 Å². The normalized spacial score (nSPS) is 19.1. The molecular formula is C19H33N3O3. The van der Waals surface area contributed by atoms with Crippen LogP contribution < -0.4 is 10.6 Å². The van der Waals surface area contributed by atoms with Crippen LogP contribution in [0.1, 0.15) is 38.4 Å². The predicted molar refractivity (Wildman–Crippen MR) is 99.7 cm³/mol. The van der Waals surface area contributed by atoms with E-state index < -0.39 is 0 Å². The highest BCUT2D eigenvalue weighted by molar-refractivity contribution is 5.79. The van der Waals surface area contributed by atoms with E-state index in [-0.39, 0.29) is 6.61 Å². The first-order valence-corrected chi connectivity index (χ1v) is 9.55. The van der Waals surface area contributed by atoms with Gasteiger partial charge in [-0.15, -0.1) is 0 Å². The molecule has 3 N–H and O–H groups in total. The lowest BCUT2D eigenvalue weighted by molar-refractivity contribution is 0.186. The van der Waals surface area contributed by atoms with Crippen molar-refractivity contribution in [3.8, 4) is 0 Å². The Morgan fingerprint density at radius 1 is 1.40 bits per heavy atom. The number of hydrogen-bond acceptors (Lipinski definition) is 4. The zero-order valence-electron chi connectivity index (χ0n) is 15.4. The summed E-state index contributed by atoms with van der Waals surface area (Å²) in [6.45, 7) is 6.49. The molecule has 25 heavy (non-hydrogen) atoms. The molecular weight excluding hydrogens is 318 g/mol. The number of hydrogen-bond donors (Lipinski definition) is 3. The zero-order chi connectivity index (χ0) is 17.7. The van der Waals surface area contributed by atoms with Crippen molar-refractivity contribution in [2.45, 2.75) is 39.0 Å². The summed E-state index contributed by atoms with van der Waals surface area (Å²) in [5.41, 5.74) is 0. The summed E-state index contributed by atoms with van der Waals surface area (Å²) in [6.07, 6.45) is 6.67. The van der Waals surface area contributed by atoms with Gasteiger partial charge in [0.1, 0.15) is 5.76 Å². The minimum Gasteiger partial charge on any atom is -0.469 e. The van der Waals surface area contributed by atoms with Crippen molar-refractivity contribution in [1.82, 2.24) is 10.6 Å². The smallest absolute Gasteiger partial charge is 0.191 e. The molecule has 6 nitrogen and oxygen atoms in total. The van der Waals surface area contributed by atoms with Gasteiger partial charge in [-0.3, -0.25) is 4.99 Å². The quantitative estimate of drug-likeness (QED) is 0.421. The first-order valence-electron chi connectivity index (χ1n) is 9.55. The van der Waals surface area contributed by atoms with Crippen LogP contribution in [0.3, 0.4) is 0 Å². The number of rotatable bonds is 11. The number of nitrogens with one attached hydrogen (secondary N) is 2. The molecule has 2 atom stereocenters. The van der Waals surface area contributed by atoms with E-state index in [0.717, 1.165) is 76.7 Å². The highest BCUT2D eigenvalue weighted by Gasteiger charge is 2.16. The number of aliphatic hydroxyl groups excluding tert-OH is 1. The van der Waals surface area contributed by atoms with E-state index in [2.05, 4.69) is 17.6 Å². The molecule has 0 aromatic carbocycles. The minimum absolute atomic E-state index is 0.230. The van der Waals surface area contributed by atoms with E-state index in [9.17, 15) is 5.11 Å². The highest BCUT2D eigenvalue weighted by atomic mass is 16.5. The van der Waals surface area contributed by atoms with Gasteiger partial charge in [0.05, 0.1) is 12.9 Å². The largest absolute Gasteiger partial charge is 0.469 e. The molecule has 0 aliphatic carbocycles. The maximum absolute atomic E-state index is 9.22. The molecule has 2 unspecified atom stereocenters. The first-order chi connectivity index (χ1) is 12.3. The van der Waals surface area contributed by atoms with Gasteiger partial charge >= 0.3 is 0 Å². The summed E-state index contributed by atoms with van der Waals surface area (Å²) < 4.78 is 10.8. The van der Waals surface area contributed by atoms with Crippen LogP contribution in [0.4, 0.5) is 0 Å². The maximum Gasteiger partial charge on any atom is 0.191 e. The van der Waals surface area contributed by atoms with Crippen molar-refractivity contribution in [2.24, 2.45) is 16.8 Å². The molecule has 2 heterocycles. The van der Waals surface area contributed by atoms with E-state index in [1.807, 2.05) is 12.1 Å². The Kier molecular flexibility index (Phi) is 9.44. The Balaban J connectivity index is 1.83. The van der Waals surface area contributed by atoms with Crippen molar-refractivity contribution in [2.75, 3.05) is 39.5 Å². The second kappa shape index (κ2) is 11.9. The lowest BCUT2D eigenvalue weighted by Gasteiger charge is -2.17. The molecule has 6 heteroatoms. The Hall–Kier alpha value is -1.53. The number of nitrogens with zero attached hydrogens (tertiary/aromatic N) is 1. The van der Waals surface area contributed by atoms with Crippen LogP contribution in [0.5, 0.6) is 0 Å². The summed E-state index contributed by atoms with van der Waals surface area (Å²) in [5.74, 6) is 2.81. The van der Waals surface area contributed by atoms with E-state index in [0.29, 0.717) is 11.8 Å². The summed E-state index contributed by atoms with van der Waals surface area (Å²) in [7, 11) is 0. The topological polar surface area (TPSA) is 79.0 Å². The molecule has 2 rings (SSSR count). The number of ether oxygens (including phenoxy) is 1. The van der Waals surface area contributed by atoms with Crippen LogP contribution in [0.25, 0.3) is 0 Å². The number of aliphatic hydroxyl groups is 1. The fourth-order valence-corrected chi connectivity index (χ4v) is 3.06. The number of aliphatic imine (C=N–C) groups is 1. The molecule has 1 aromatic heterocycles. The van der Waals surface area contributed by atoms with Gasteiger partial charge in [-0.05, 0) is 37.3 Å². The van der Waals surface area contributed by atoms with Crippen LogP contribution >= 0.6 is 0 Å². The Labute approximate surface area is 151 Å². The first kappa shape index (κ1) is 19.8. The standard InChI is InChI=1S/C19H33N3O3/c1-2-4-16(7-10-23)13-21-19(22-14-17-8-12-24-15-17)20-9-6-18-5-3-11-25-18/h3,5,11,16-17,23H,2,4,6-10,12-15H2,1H3,(H2,20,21,22). The van der Waals surface area contributed by atoms with Gasteiger partial charge in [0.15, 0.2) is 5.96 Å². The second-order valence-electron chi connectivity index (χ2n) is 6.72. The summed E-state index contributed by atoms with van der Waals surface area (Å²) >= 11 is 0. The van der Waals surface area contributed by atoms with Crippen LogP contribution in [0.15, 0.2) is 27.8 Å². The fourth-order valence-electron chi connectivity index (χ4n) is 3.06. The molecule has 0 bridgehead atoms. The van der Waals surface area contributed by atoms with E-state index in [4.69, 9.17) is 14.1 Å². The zero-order valence-corrected chi connectivity index (χ0v) is 15.4. The molecule has 1 aromatic rings. The van der Waals surface area contributed by atoms with Crippen molar-refractivity contribution in [3.05, 3.63) is 24.2 Å². The molecule has 142 valence electrons. The minimum atomic E-state index is 0.230. The molecule has 0 amide bonds. The van der Waals surface area contributed by atoms with Gasteiger partial charge in [-0.2, -0.15) is 0 Å². The van der Waals surface area contributed by atoms with Crippen LogP contribution in [-0.2, 0) is 11.2 Å². The molecule has 0 saturated carbocycles. The lowest BCUT2D eigenvalue weighted by Crippen LogP contribution is -2.41. The Morgan fingerprint density at radius 2 is 2.32 bits per heavy atom. The van der Waals surface area contributed by atoms with Gasteiger partial charge in [0, 0.05) is 45.2 Å². The second-order valence-corrected chi connectivity index (χ2v) is 6.72. The van der Waals surface area contributed by atoms with Gasteiger partial charge in [-0.1, -0.05) is 13.3 Å². The summed E-state index contributed by atoms with van der Waals surface area (Å²) in [5, 5.41) is 16.1. The fraction of sp³-hybridized carbons (Fsp3) is 0.737. The number of guanidine groups is 1. The van der Waals surface area contributed by atoms with Crippen LogP contribution in [0, 0.1) is 11.8 Å². The maximum atomic E-state index is 9.22. The lowest BCUT2D eigenvalue weighted by atomic mass is 10.0. The van der Waals surface area contributed by atoms with Crippen LogP contribution in [-0.4, -0.2) is 50.5 Å². The molecule has 1 fully saturated rings. The third-order valence-electron chi connectivity index (χ3n) is 4.57. The Morgan fingerprint density at radius 3 is 3.00 bits per heavy atom. The Bertz CT molecular complexity index is 464.